The minimum absolute atomic E-state index is 0.543. The second-order valence-electron chi connectivity index (χ2n) is 5.94. The van der Waals surface area contributed by atoms with Crippen molar-refractivity contribution in [1.29, 1.82) is 0 Å². The molecule has 1 N–H and O–H groups in total. The van der Waals surface area contributed by atoms with Crippen LogP contribution in [0.2, 0.25) is 0 Å². The van der Waals surface area contributed by atoms with Crippen LogP contribution in [-0.4, -0.2) is 38.2 Å². The van der Waals surface area contributed by atoms with Crippen LogP contribution >= 0.6 is 0 Å². The molecular formula is C18H30N2O. The maximum atomic E-state index is 5.57. The first kappa shape index (κ1) is 16.3. The van der Waals surface area contributed by atoms with E-state index in [1.807, 2.05) is 6.92 Å². The van der Waals surface area contributed by atoms with E-state index in [0.29, 0.717) is 12.0 Å². The number of rotatable bonds is 7. The number of piperidine rings is 1. The Hall–Kier alpha value is -1.06. The molecule has 1 aromatic carbocycles. The highest BCUT2D eigenvalue weighted by atomic mass is 16.5. The Kier molecular flexibility index (Phi) is 6.52. The molecule has 0 bridgehead atoms. The van der Waals surface area contributed by atoms with E-state index in [1.165, 1.54) is 37.9 Å². The molecule has 1 saturated heterocycles. The molecule has 0 aliphatic carbocycles. The lowest BCUT2D eigenvalue weighted by Gasteiger charge is -2.42. The Bertz CT molecular complexity index is 386. The van der Waals surface area contributed by atoms with Gasteiger partial charge in [0.25, 0.3) is 0 Å². The van der Waals surface area contributed by atoms with Crippen LogP contribution in [0.25, 0.3) is 0 Å². The van der Waals surface area contributed by atoms with Gasteiger partial charge in [-0.15, -0.1) is 0 Å². The molecule has 21 heavy (non-hydrogen) atoms. The Balaban J connectivity index is 2.19. The van der Waals surface area contributed by atoms with Crippen LogP contribution in [0.15, 0.2) is 24.3 Å². The summed E-state index contributed by atoms with van der Waals surface area (Å²) in [6, 6.07) is 9.29. The highest BCUT2D eigenvalue weighted by molar-refractivity contribution is 5.30. The average molecular weight is 290 g/mol. The average Bonchev–Trinajstić information content (AvgIpc) is 2.50. The summed E-state index contributed by atoms with van der Waals surface area (Å²) in [6.07, 6.45) is 3.86. The summed E-state index contributed by atoms with van der Waals surface area (Å²) < 4.78 is 5.57. The molecule has 2 unspecified atom stereocenters. The van der Waals surface area contributed by atoms with Crippen LogP contribution in [0, 0.1) is 5.92 Å². The summed E-state index contributed by atoms with van der Waals surface area (Å²) in [5.41, 5.74) is 1.44. The Morgan fingerprint density at radius 3 is 2.62 bits per heavy atom. The number of ether oxygens (including phenoxy) is 1. The van der Waals surface area contributed by atoms with Crippen LogP contribution in [0.5, 0.6) is 5.75 Å². The quantitative estimate of drug-likeness (QED) is 0.832. The summed E-state index contributed by atoms with van der Waals surface area (Å²) in [5.74, 6) is 1.68. The van der Waals surface area contributed by atoms with Crippen molar-refractivity contribution in [3.8, 4) is 5.75 Å². The first-order chi connectivity index (χ1) is 10.3. The fourth-order valence-corrected chi connectivity index (χ4v) is 3.58. The van der Waals surface area contributed by atoms with Gasteiger partial charge in [-0.25, -0.2) is 0 Å². The van der Waals surface area contributed by atoms with Gasteiger partial charge in [0.15, 0.2) is 0 Å². The van der Waals surface area contributed by atoms with E-state index in [1.54, 1.807) is 0 Å². The summed E-state index contributed by atoms with van der Waals surface area (Å²) in [5, 5.41) is 3.38. The Labute approximate surface area is 129 Å². The van der Waals surface area contributed by atoms with Gasteiger partial charge in [-0.05, 0) is 76.5 Å². The largest absolute Gasteiger partial charge is 0.494 e. The smallest absolute Gasteiger partial charge is 0.119 e. The van der Waals surface area contributed by atoms with Crippen molar-refractivity contribution in [2.24, 2.45) is 5.92 Å². The molecule has 3 nitrogen and oxygen atoms in total. The van der Waals surface area contributed by atoms with E-state index in [-0.39, 0.29) is 0 Å². The fourth-order valence-electron chi connectivity index (χ4n) is 3.58. The van der Waals surface area contributed by atoms with Gasteiger partial charge in [-0.3, -0.25) is 4.90 Å². The monoisotopic (exact) mass is 290 g/mol. The van der Waals surface area contributed by atoms with Crippen LogP contribution in [-0.2, 0) is 0 Å². The highest BCUT2D eigenvalue weighted by Gasteiger charge is 2.31. The number of nitrogens with one attached hydrogen (secondary N) is 1. The van der Waals surface area contributed by atoms with Gasteiger partial charge in [-0.1, -0.05) is 19.1 Å². The molecule has 0 amide bonds. The summed E-state index contributed by atoms with van der Waals surface area (Å²) in [7, 11) is 2.06. The maximum Gasteiger partial charge on any atom is 0.119 e. The summed E-state index contributed by atoms with van der Waals surface area (Å²) in [4.78, 5) is 2.67. The van der Waals surface area contributed by atoms with Gasteiger partial charge in [0, 0.05) is 6.04 Å². The third-order valence-electron chi connectivity index (χ3n) is 4.37. The summed E-state index contributed by atoms with van der Waals surface area (Å²) in [6.45, 7) is 8.55. The number of benzene rings is 1. The van der Waals surface area contributed by atoms with Crippen LogP contribution in [0.3, 0.4) is 0 Å². The molecule has 2 atom stereocenters. The van der Waals surface area contributed by atoms with E-state index in [9.17, 15) is 0 Å². The number of likely N-dealkylation sites (tertiary alicyclic amines) is 1. The normalized spacial score (nSPS) is 23.2. The first-order valence-corrected chi connectivity index (χ1v) is 8.41. The Morgan fingerprint density at radius 1 is 1.24 bits per heavy atom. The van der Waals surface area contributed by atoms with Gasteiger partial charge < -0.3 is 10.1 Å². The van der Waals surface area contributed by atoms with Crippen molar-refractivity contribution < 1.29 is 4.74 Å². The predicted octanol–water partition coefficient (Wildman–Crippen LogP) is 3.47. The lowest BCUT2D eigenvalue weighted by molar-refractivity contribution is 0.0924. The minimum atomic E-state index is 0.543. The molecule has 1 heterocycles. The topological polar surface area (TPSA) is 24.5 Å². The highest BCUT2D eigenvalue weighted by Crippen LogP contribution is 2.36. The van der Waals surface area contributed by atoms with Crippen molar-refractivity contribution in [3.05, 3.63) is 29.8 Å². The molecule has 0 spiro atoms. The Morgan fingerprint density at radius 2 is 2.00 bits per heavy atom. The molecule has 1 fully saturated rings. The van der Waals surface area contributed by atoms with E-state index >= 15 is 0 Å². The zero-order valence-electron chi connectivity index (χ0n) is 13.8. The number of hydrogen-bond acceptors (Lipinski definition) is 3. The van der Waals surface area contributed by atoms with Gasteiger partial charge in [-0.2, -0.15) is 0 Å². The molecule has 1 aliphatic heterocycles. The molecule has 0 aromatic heterocycles. The van der Waals surface area contributed by atoms with E-state index in [0.717, 1.165) is 18.9 Å². The lowest BCUT2D eigenvalue weighted by Crippen LogP contribution is -2.42. The van der Waals surface area contributed by atoms with Gasteiger partial charge in [0.1, 0.15) is 5.75 Å². The zero-order chi connectivity index (χ0) is 15.1. The van der Waals surface area contributed by atoms with Crippen molar-refractivity contribution in [3.63, 3.8) is 0 Å². The fraction of sp³-hybridized carbons (Fsp3) is 0.667. The third kappa shape index (κ3) is 4.21. The molecule has 0 radical (unpaired) electrons. The van der Waals surface area contributed by atoms with Crippen LogP contribution in [0.4, 0.5) is 0 Å². The van der Waals surface area contributed by atoms with Crippen molar-refractivity contribution in [2.45, 2.75) is 39.2 Å². The molecular weight excluding hydrogens is 260 g/mol. The molecule has 2 rings (SSSR count). The molecule has 118 valence electrons. The predicted molar refractivity (Wildman–Crippen MR) is 88.9 cm³/mol. The molecule has 1 aliphatic rings. The lowest BCUT2D eigenvalue weighted by atomic mass is 9.84. The van der Waals surface area contributed by atoms with Crippen LogP contribution in [0.1, 0.15) is 44.7 Å². The van der Waals surface area contributed by atoms with Gasteiger partial charge in [0.2, 0.25) is 0 Å². The van der Waals surface area contributed by atoms with E-state index in [4.69, 9.17) is 4.74 Å². The molecule has 3 heteroatoms. The molecule has 0 saturated carbocycles. The zero-order valence-corrected chi connectivity index (χ0v) is 13.8. The summed E-state index contributed by atoms with van der Waals surface area (Å²) >= 11 is 0. The van der Waals surface area contributed by atoms with Crippen molar-refractivity contribution in [2.75, 3.05) is 33.3 Å². The van der Waals surface area contributed by atoms with E-state index < -0.39 is 0 Å². The second-order valence-corrected chi connectivity index (χ2v) is 5.94. The van der Waals surface area contributed by atoms with Crippen LogP contribution < -0.4 is 10.1 Å². The van der Waals surface area contributed by atoms with Gasteiger partial charge in [0.05, 0.1) is 6.61 Å². The standard InChI is InChI=1S/C18H30N2O/c1-4-12-20-13-6-7-16(14-19-3)18(20)15-8-10-17(11-9-15)21-5-2/h8-11,16,18-19H,4-7,12-14H2,1-3H3. The number of nitrogens with zero attached hydrogens (tertiary/aromatic N) is 1. The maximum absolute atomic E-state index is 5.57. The number of hydrogen-bond donors (Lipinski definition) is 1. The van der Waals surface area contributed by atoms with E-state index in [2.05, 4.69) is 48.5 Å². The minimum Gasteiger partial charge on any atom is -0.494 e. The second kappa shape index (κ2) is 8.40. The van der Waals surface area contributed by atoms with Crippen molar-refractivity contribution >= 4 is 0 Å². The first-order valence-electron chi connectivity index (χ1n) is 8.41. The SMILES string of the molecule is CCCN1CCCC(CNC)C1c1ccc(OCC)cc1. The molecule has 1 aromatic rings. The third-order valence-corrected chi connectivity index (χ3v) is 4.37. The van der Waals surface area contributed by atoms with Gasteiger partial charge >= 0.3 is 0 Å². The van der Waals surface area contributed by atoms with Crippen molar-refractivity contribution in [1.82, 2.24) is 10.2 Å².